The molecule has 0 bridgehead atoms. The predicted molar refractivity (Wildman–Crippen MR) is 59.6 cm³/mol. The van der Waals surface area contributed by atoms with E-state index in [0.29, 0.717) is 13.1 Å². The number of β-amino-alcohol motifs (C(OH)–C–C–N with tert-alkyl or cyclic N) is 1. The van der Waals surface area contributed by atoms with E-state index in [-0.39, 0.29) is 5.91 Å². The normalized spacial score (nSPS) is 19.9. The molecule has 0 unspecified atom stereocenters. The standard InChI is InChI=1S/C11H22N2O2/c1-5-6-11(15)7-13(8-11)9(14)10(2,3)12-4/h12,15H,5-8H2,1-4H3. The van der Waals surface area contributed by atoms with Crippen molar-refractivity contribution in [1.82, 2.24) is 10.2 Å². The van der Waals surface area contributed by atoms with Crippen LogP contribution < -0.4 is 5.32 Å². The van der Waals surface area contributed by atoms with Gasteiger partial charge in [0.2, 0.25) is 5.91 Å². The molecule has 0 saturated carbocycles. The molecule has 4 nitrogen and oxygen atoms in total. The lowest BCUT2D eigenvalue weighted by Crippen LogP contribution is -2.68. The number of likely N-dealkylation sites (N-methyl/N-ethyl adjacent to an activating group) is 1. The molecule has 0 aromatic heterocycles. The minimum Gasteiger partial charge on any atom is -0.386 e. The van der Waals surface area contributed by atoms with Gasteiger partial charge in [0.15, 0.2) is 0 Å². The summed E-state index contributed by atoms with van der Waals surface area (Å²) in [6, 6.07) is 0. The van der Waals surface area contributed by atoms with Crippen LogP contribution in [0.25, 0.3) is 0 Å². The van der Waals surface area contributed by atoms with E-state index >= 15 is 0 Å². The van der Waals surface area contributed by atoms with E-state index in [1.165, 1.54) is 0 Å². The summed E-state index contributed by atoms with van der Waals surface area (Å²) in [4.78, 5) is 13.6. The van der Waals surface area contributed by atoms with Crippen LogP contribution in [-0.4, -0.2) is 47.2 Å². The van der Waals surface area contributed by atoms with Crippen molar-refractivity contribution < 1.29 is 9.90 Å². The first-order valence-corrected chi connectivity index (χ1v) is 5.55. The number of nitrogens with one attached hydrogen (secondary N) is 1. The summed E-state index contributed by atoms with van der Waals surface area (Å²) in [7, 11) is 1.77. The Labute approximate surface area is 91.6 Å². The molecule has 1 rings (SSSR count). The van der Waals surface area contributed by atoms with Crippen LogP contribution in [0.15, 0.2) is 0 Å². The fourth-order valence-corrected chi connectivity index (χ4v) is 1.93. The molecule has 1 saturated heterocycles. The van der Waals surface area contributed by atoms with Gasteiger partial charge in [-0.05, 0) is 27.3 Å². The highest BCUT2D eigenvalue weighted by molar-refractivity contribution is 5.86. The molecule has 88 valence electrons. The zero-order valence-electron chi connectivity index (χ0n) is 10.1. The fraction of sp³-hybridized carbons (Fsp3) is 0.909. The number of aliphatic hydroxyl groups is 1. The third-order valence-corrected chi connectivity index (χ3v) is 3.13. The number of rotatable bonds is 4. The van der Waals surface area contributed by atoms with Gasteiger partial charge in [-0.3, -0.25) is 4.79 Å². The second kappa shape index (κ2) is 4.10. The van der Waals surface area contributed by atoms with Crippen molar-refractivity contribution in [3.8, 4) is 0 Å². The van der Waals surface area contributed by atoms with E-state index in [2.05, 4.69) is 5.32 Å². The Kier molecular flexibility index (Phi) is 3.41. The molecule has 0 aromatic carbocycles. The van der Waals surface area contributed by atoms with Crippen LogP contribution in [0.2, 0.25) is 0 Å². The summed E-state index contributed by atoms with van der Waals surface area (Å²) in [5.41, 5.74) is -1.16. The highest BCUT2D eigenvalue weighted by atomic mass is 16.3. The molecule has 0 aliphatic carbocycles. The Morgan fingerprint density at radius 3 is 2.47 bits per heavy atom. The predicted octanol–water partition coefficient (Wildman–Crippen LogP) is 0.358. The van der Waals surface area contributed by atoms with Crippen LogP contribution in [-0.2, 0) is 4.79 Å². The van der Waals surface area contributed by atoms with Crippen LogP contribution in [0, 0.1) is 0 Å². The minimum absolute atomic E-state index is 0.0609. The van der Waals surface area contributed by atoms with Crippen LogP contribution >= 0.6 is 0 Å². The number of amides is 1. The zero-order valence-corrected chi connectivity index (χ0v) is 10.1. The van der Waals surface area contributed by atoms with E-state index in [9.17, 15) is 9.90 Å². The summed E-state index contributed by atoms with van der Waals surface area (Å²) < 4.78 is 0. The minimum atomic E-state index is -0.631. The summed E-state index contributed by atoms with van der Waals surface area (Å²) in [6.07, 6.45) is 1.73. The van der Waals surface area contributed by atoms with E-state index in [4.69, 9.17) is 0 Å². The first kappa shape index (κ1) is 12.5. The third kappa shape index (κ3) is 2.49. The van der Waals surface area contributed by atoms with Gasteiger partial charge >= 0.3 is 0 Å². The van der Waals surface area contributed by atoms with Gasteiger partial charge in [-0.25, -0.2) is 0 Å². The van der Waals surface area contributed by atoms with Gasteiger partial charge in [0.1, 0.15) is 0 Å². The maximum Gasteiger partial charge on any atom is 0.242 e. The van der Waals surface area contributed by atoms with Crippen LogP contribution in [0.4, 0.5) is 0 Å². The lowest BCUT2D eigenvalue weighted by molar-refractivity contribution is -0.162. The first-order chi connectivity index (χ1) is 6.84. The Balaban J connectivity index is 2.48. The number of hydrogen-bond donors (Lipinski definition) is 2. The van der Waals surface area contributed by atoms with Gasteiger partial charge in [-0.2, -0.15) is 0 Å². The first-order valence-electron chi connectivity index (χ1n) is 5.55. The van der Waals surface area contributed by atoms with E-state index < -0.39 is 11.1 Å². The molecule has 0 aromatic rings. The van der Waals surface area contributed by atoms with Crippen molar-refractivity contribution in [2.45, 2.75) is 44.8 Å². The van der Waals surface area contributed by atoms with Crippen molar-refractivity contribution in [3.05, 3.63) is 0 Å². The van der Waals surface area contributed by atoms with E-state index in [1.54, 1.807) is 11.9 Å². The molecule has 1 amide bonds. The average molecular weight is 214 g/mol. The van der Waals surface area contributed by atoms with Gasteiger partial charge in [-0.1, -0.05) is 13.3 Å². The molecule has 1 aliphatic heterocycles. The lowest BCUT2D eigenvalue weighted by atomic mass is 9.87. The second-order valence-corrected chi connectivity index (χ2v) is 5.01. The van der Waals surface area contributed by atoms with E-state index in [1.807, 2.05) is 20.8 Å². The van der Waals surface area contributed by atoms with Crippen LogP contribution in [0.3, 0.4) is 0 Å². The van der Waals surface area contributed by atoms with Crippen molar-refractivity contribution >= 4 is 5.91 Å². The molecule has 0 radical (unpaired) electrons. The molecule has 0 atom stereocenters. The Morgan fingerprint density at radius 2 is 2.07 bits per heavy atom. The lowest BCUT2D eigenvalue weighted by Gasteiger charge is -2.48. The van der Waals surface area contributed by atoms with Gasteiger partial charge < -0.3 is 15.3 Å². The third-order valence-electron chi connectivity index (χ3n) is 3.13. The van der Waals surface area contributed by atoms with Crippen molar-refractivity contribution in [2.24, 2.45) is 0 Å². The topological polar surface area (TPSA) is 52.6 Å². The van der Waals surface area contributed by atoms with Gasteiger partial charge in [0, 0.05) is 0 Å². The number of nitrogens with zero attached hydrogens (tertiary/aromatic N) is 1. The van der Waals surface area contributed by atoms with Crippen LogP contribution in [0.5, 0.6) is 0 Å². The van der Waals surface area contributed by atoms with Gasteiger partial charge in [0.05, 0.1) is 24.2 Å². The fourth-order valence-electron chi connectivity index (χ4n) is 1.93. The maximum absolute atomic E-state index is 11.9. The summed E-state index contributed by atoms with van der Waals surface area (Å²) in [6.45, 7) is 6.70. The molecule has 0 spiro atoms. The maximum atomic E-state index is 11.9. The number of carbonyl (C=O) groups is 1. The summed E-state index contributed by atoms with van der Waals surface area (Å²) in [5.74, 6) is 0.0609. The smallest absolute Gasteiger partial charge is 0.242 e. The largest absolute Gasteiger partial charge is 0.386 e. The Hall–Kier alpha value is -0.610. The summed E-state index contributed by atoms with van der Waals surface area (Å²) in [5, 5.41) is 12.9. The molecule has 2 N–H and O–H groups in total. The number of likely N-dealkylation sites (tertiary alicyclic amines) is 1. The number of carbonyl (C=O) groups excluding carboxylic acids is 1. The van der Waals surface area contributed by atoms with Crippen molar-refractivity contribution in [2.75, 3.05) is 20.1 Å². The SMILES string of the molecule is CCCC1(O)CN(C(=O)C(C)(C)NC)C1. The zero-order chi connectivity index (χ0) is 11.7. The molecule has 1 fully saturated rings. The Bertz CT molecular complexity index is 245. The molecular formula is C11H22N2O2. The Morgan fingerprint density at radius 1 is 1.53 bits per heavy atom. The average Bonchev–Trinajstić information content (AvgIpc) is 2.13. The highest BCUT2D eigenvalue weighted by Gasteiger charge is 2.45. The molecular weight excluding hydrogens is 192 g/mol. The summed E-state index contributed by atoms with van der Waals surface area (Å²) >= 11 is 0. The van der Waals surface area contributed by atoms with Crippen molar-refractivity contribution in [1.29, 1.82) is 0 Å². The molecule has 15 heavy (non-hydrogen) atoms. The van der Waals surface area contributed by atoms with Crippen molar-refractivity contribution in [3.63, 3.8) is 0 Å². The van der Waals surface area contributed by atoms with Gasteiger partial charge in [-0.15, -0.1) is 0 Å². The molecule has 4 heteroatoms. The van der Waals surface area contributed by atoms with Crippen LogP contribution in [0.1, 0.15) is 33.6 Å². The second-order valence-electron chi connectivity index (χ2n) is 5.01. The quantitative estimate of drug-likeness (QED) is 0.710. The molecule has 1 aliphatic rings. The number of hydrogen-bond acceptors (Lipinski definition) is 3. The monoisotopic (exact) mass is 214 g/mol. The highest BCUT2D eigenvalue weighted by Crippen LogP contribution is 2.27. The molecule has 1 heterocycles. The van der Waals surface area contributed by atoms with E-state index in [0.717, 1.165) is 12.8 Å². The van der Waals surface area contributed by atoms with Gasteiger partial charge in [0.25, 0.3) is 0 Å².